The lowest BCUT2D eigenvalue weighted by molar-refractivity contribution is -0.389. The van der Waals surface area contributed by atoms with Crippen LogP contribution < -0.4 is 19.1 Å². The maximum atomic E-state index is 12.3. The van der Waals surface area contributed by atoms with E-state index >= 15 is 0 Å². The number of nitrogens with zero attached hydrogens (tertiary/aromatic N) is 4. The summed E-state index contributed by atoms with van der Waals surface area (Å²) in [6.07, 6.45) is -1.62. The molecular formula is C26H27F3N4O6. The molecule has 0 N–H and O–H groups in total. The number of halogens is 3. The zero-order valence-electron chi connectivity index (χ0n) is 21.1. The number of rotatable bonds is 9. The molecule has 2 aliphatic rings. The lowest BCUT2D eigenvalue weighted by Gasteiger charge is -2.33. The number of fused-ring (bicyclic) bond motifs is 1. The largest absolute Gasteiger partial charge is 0.573 e. The number of nitro groups is 1. The normalized spacial score (nSPS) is 19.4. The van der Waals surface area contributed by atoms with Gasteiger partial charge in [-0.3, -0.25) is 4.57 Å². The molecule has 39 heavy (non-hydrogen) atoms. The molecule has 2 aromatic carbocycles. The van der Waals surface area contributed by atoms with E-state index in [-0.39, 0.29) is 30.3 Å². The second-order valence-corrected chi connectivity index (χ2v) is 9.79. The van der Waals surface area contributed by atoms with Gasteiger partial charge in [-0.1, -0.05) is 12.1 Å². The fourth-order valence-electron chi connectivity index (χ4n) is 4.63. The minimum absolute atomic E-state index is 0.0678. The molecule has 3 aromatic rings. The second kappa shape index (κ2) is 10.6. The minimum Gasteiger partial charge on any atom is -0.489 e. The summed E-state index contributed by atoms with van der Waals surface area (Å²) >= 11 is 0. The van der Waals surface area contributed by atoms with E-state index in [0.717, 1.165) is 37.2 Å². The van der Waals surface area contributed by atoms with Crippen LogP contribution in [0.5, 0.6) is 17.5 Å². The summed E-state index contributed by atoms with van der Waals surface area (Å²) in [5.41, 5.74) is 1.17. The predicted octanol–water partition coefficient (Wildman–Crippen LogP) is 5.11. The van der Waals surface area contributed by atoms with Crippen LogP contribution in [0, 0.1) is 10.1 Å². The summed E-state index contributed by atoms with van der Waals surface area (Å²) in [6, 6.07) is 13.7. The Labute approximate surface area is 222 Å². The van der Waals surface area contributed by atoms with Crippen LogP contribution >= 0.6 is 0 Å². The Morgan fingerprint density at radius 2 is 1.77 bits per heavy atom. The molecule has 1 unspecified atom stereocenters. The van der Waals surface area contributed by atoms with Gasteiger partial charge < -0.3 is 34.0 Å². The standard InChI is InChI=1S/C26H27F3N4O6/c1-25(16-32-14-23(33(34)35)30-24(32)39-25)17-37-20-8-4-19(5-9-20)31-12-10-21(11-13-31)36-15-18-2-6-22(7-3-18)38-26(27,28)29/h2-9,14,21H,10-13,15-17H2,1H3. The van der Waals surface area contributed by atoms with Crippen LogP contribution in [0.1, 0.15) is 25.3 Å². The molecule has 0 aliphatic carbocycles. The monoisotopic (exact) mass is 548 g/mol. The van der Waals surface area contributed by atoms with Crippen LogP contribution in [0.4, 0.5) is 24.7 Å². The number of ether oxygens (including phenoxy) is 4. The third-order valence-corrected chi connectivity index (χ3v) is 6.59. The average molecular weight is 549 g/mol. The fourth-order valence-corrected chi connectivity index (χ4v) is 4.63. The Kier molecular flexibility index (Phi) is 7.25. The van der Waals surface area contributed by atoms with E-state index in [2.05, 4.69) is 14.6 Å². The molecule has 0 saturated carbocycles. The second-order valence-electron chi connectivity index (χ2n) is 9.79. The van der Waals surface area contributed by atoms with Crippen molar-refractivity contribution in [1.29, 1.82) is 0 Å². The SMILES string of the molecule is CC1(COc2ccc(N3CCC(OCc4ccc(OC(F)(F)F)cc4)CC3)cc2)Cn2cc([N+](=O)[O-])nc2O1. The highest BCUT2D eigenvalue weighted by Gasteiger charge is 2.41. The quantitative estimate of drug-likeness (QED) is 0.269. The molecule has 208 valence electrons. The first-order valence-electron chi connectivity index (χ1n) is 12.4. The molecule has 1 atom stereocenters. The van der Waals surface area contributed by atoms with Crippen molar-refractivity contribution in [3.8, 4) is 17.5 Å². The maximum Gasteiger partial charge on any atom is 0.573 e. The van der Waals surface area contributed by atoms with Crippen LogP contribution in [-0.4, -0.2) is 52.2 Å². The molecule has 0 amide bonds. The van der Waals surface area contributed by atoms with Crippen LogP contribution in [0.3, 0.4) is 0 Å². The van der Waals surface area contributed by atoms with Crippen LogP contribution in [0.25, 0.3) is 0 Å². The first-order chi connectivity index (χ1) is 18.6. The van der Waals surface area contributed by atoms with E-state index in [4.69, 9.17) is 14.2 Å². The molecule has 1 fully saturated rings. The van der Waals surface area contributed by atoms with E-state index in [1.54, 1.807) is 16.7 Å². The highest BCUT2D eigenvalue weighted by Crippen LogP contribution is 2.32. The van der Waals surface area contributed by atoms with Gasteiger partial charge in [0.1, 0.15) is 24.3 Å². The number of anilines is 1. The molecule has 0 spiro atoms. The van der Waals surface area contributed by atoms with Gasteiger partial charge in [-0.2, -0.15) is 0 Å². The number of benzene rings is 2. The molecule has 5 rings (SSSR count). The van der Waals surface area contributed by atoms with E-state index in [0.29, 0.717) is 18.9 Å². The van der Waals surface area contributed by atoms with E-state index in [1.807, 2.05) is 31.2 Å². The molecular weight excluding hydrogens is 521 g/mol. The Morgan fingerprint density at radius 1 is 1.10 bits per heavy atom. The summed E-state index contributed by atoms with van der Waals surface area (Å²) in [7, 11) is 0. The van der Waals surface area contributed by atoms with Gasteiger partial charge in [0.25, 0.3) is 0 Å². The van der Waals surface area contributed by atoms with Gasteiger partial charge >= 0.3 is 18.2 Å². The van der Waals surface area contributed by atoms with E-state index in [1.165, 1.54) is 18.3 Å². The van der Waals surface area contributed by atoms with Gasteiger partial charge in [0, 0.05) is 23.8 Å². The lowest BCUT2D eigenvalue weighted by Crippen LogP contribution is -2.38. The first kappa shape index (κ1) is 26.6. The maximum absolute atomic E-state index is 12.3. The number of alkyl halides is 3. The van der Waals surface area contributed by atoms with Crippen molar-refractivity contribution in [1.82, 2.24) is 9.55 Å². The first-order valence-corrected chi connectivity index (χ1v) is 12.4. The Balaban J connectivity index is 1.04. The third-order valence-electron chi connectivity index (χ3n) is 6.59. The van der Waals surface area contributed by atoms with Gasteiger partial charge in [-0.05, 0) is 66.7 Å². The van der Waals surface area contributed by atoms with Crippen molar-refractivity contribution >= 4 is 11.5 Å². The molecule has 2 aliphatic heterocycles. The number of hydrogen-bond donors (Lipinski definition) is 0. The van der Waals surface area contributed by atoms with Crippen LogP contribution in [-0.2, 0) is 17.9 Å². The van der Waals surface area contributed by atoms with E-state index < -0.39 is 16.9 Å². The lowest BCUT2D eigenvalue weighted by atomic mass is 10.1. The Bertz CT molecular complexity index is 1270. The molecule has 1 saturated heterocycles. The molecule has 0 bridgehead atoms. The smallest absolute Gasteiger partial charge is 0.489 e. The molecule has 10 nitrogen and oxygen atoms in total. The highest BCUT2D eigenvalue weighted by atomic mass is 19.4. The minimum atomic E-state index is -4.71. The summed E-state index contributed by atoms with van der Waals surface area (Å²) in [5.74, 6) is 0.189. The van der Waals surface area contributed by atoms with Crippen molar-refractivity contribution < 1.29 is 37.0 Å². The Morgan fingerprint density at radius 3 is 2.38 bits per heavy atom. The van der Waals surface area contributed by atoms with Crippen molar-refractivity contribution in [2.24, 2.45) is 0 Å². The van der Waals surface area contributed by atoms with Gasteiger partial charge in [0.05, 0.1) is 19.3 Å². The molecule has 0 radical (unpaired) electrons. The van der Waals surface area contributed by atoms with Crippen molar-refractivity contribution in [2.45, 2.75) is 51.0 Å². The van der Waals surface area contributed by atoms with Crippen molar-refractivity contribution in [2.75, 3.05) is 24.6 Å². The van der Waals surface area contributed by atoms with Gasteiger partial charge in [0.15, 0.2) is 5.60 Å². The molecule has 1 aromatic heterocycles. The Hall–Kier alpha value is -4.00. The zero-order valence-corrected chi connectivity index (χ0v) is 21.1. The molecule has 13 heteroatoms. The van der Waals surface area contributed by atoms with Gasteiger partial charge in [-0.15, -0.1) is 13.2 Å². The number of hydrogen-bond acceptors (Lipinski definition) is 8. The third kappa shape index (κ3) is 6.72. The summed E-state index contributed by atoms with van der Waals surface area (Å²) < 4.78 is 60.1. The fraction of sp³-hybridized carbons (Fsp3) is 0.423. The molecule has 3 heterocycles. The van der Waals surface area contributed by atoms with Crippen molar-refractivity contribution in [3.05, 3.63) is 70.4 Å². The van der Waals surface area contributed by atoms with Crippen molar-refractivity contribution in [3.63, 3.8) is 0 Å². The van der Waals surface area contributed by atoms with Gasteiger partial charge in [-0.25, -0.2) is 0 Å². The predicted molar refractivity (Wildman–Crippen MR) is 133 cm³/mol. The van der Waals surface area contributed by atoms with E-state index in [9.17, 15) is 23.3 Å². The van der Waals surface area contributed by atoms with Crippen LogP contribution in [0.2, 0.25) is 0 Å². The van der Waals surface area contributed by atoms with Crippen LogP contribution in [0.15, 0.2) is 54.7 Å². The number of aromatic nitrogens is 2. The highest BCUT2D eigenvalue weighted by molar-refractivity contribution is 5.49. The zero-order chi connectivity index (χ0) is 27.6. The van der Waals surface area contributed by atoms with Gasteiger partial charge in [0.2, 0.25) is 0 Å². The number of imidazole rings is 1. The number of piperidine rings is 1. The average Bonchev–Trinajstić information content (AvgIpc) is 3.43. The summed E-state index contributed by atoms with van der Waals surface area (Å²) in [5, 5.41) is 10.9. The summed E-state index contributed by atoms with van der Waals surface area (Å²) in [6.45, 7) is 4.47. The summed E-state index contributed by atoms with van der Waals surface area (Å²) in [4.78, 5) is 16.5. The topological polar surface area (TPSA) is 101 Å².